The molecule has 4 aromatic rings. The van der Waals surface area contributed by atoms with Crippen molar-refractivity contribution < 1.29 is 28.6 Å². The summed E-state index contributed by atoms with van der Waals surface area (Å²) in [6.45, 7) is 0.337. The normalized spacial score (nSPS) is 14.7. The van der Waals surface area contributed by atoms with E-state index in [1.807, 2.05) is 30.3 Å². The summed E-state index contributed by atoms with van der Waals surface area (Å²) in [5, 5.41) is 12.8. The molecule has 1 aromatic heterocycles. The first-order valence-corrected chi connectivity index (χ1v) is 12.3. The van der Waals surface area contributed by atoms with Gasteiger partial charge in [0.05, 0.1) is 13.1 Å². The van der Waals surface area contributed by atoms with E-state index < -0.39 is 17.0 Å². The third-order valence-corrected chi connectivity index (χ3v) is 7.17. The van der Waals surface area contributed by atoms with Gasteiger partial charge in [0.15, 0.2) is 6.61 Å². The summed E-state index contributed by atoms with van der Waals surface area (Å²) in [6, 6.07) is 22.9. The van der Waals surface area contributed by atoms with Gasteiger partial charge in [-0.2, -0.15) is 0 Å². The SMILES string of the molecule is COc1ccc(-c2cc(=O)oc3cc(OCC(=O)N4CCC(C(=O)[O-])(c5ccccc5)CC4)ccc23)cc1. The molecule has 0 atom stereocenters. The molecule has 0 radical (unpaired) electrons. The highest BCUT2D eigenvalue weighted by Gasteiger charge is 2.38. The molecule has 0 unspecified atom stereocenters. The van der Waals surface area contributed by atoms with E-state index in [0.29, 0.717) is 28.2 Å². The molecule has 1 amide bonds. The fraction of sp³-hybridized carbons (Fsp3) is 0.233. The van der Waals surface area contributed by atoms with Crippen molar-refractivity contribution in [2.24, 2.45) is 0 Å². The highest BCUT2D eigenvalue weighted by atomic mass is 16.5. The summed E-state index contributed by atoms with van der Waals surface area (Å²) < 4.78 is 16.3. The quantitative estimate of drug-likeness (QED) is 0.350. The Kier molecular flexibility index (Phi) is 6.87. The van der Waals surface area contributed by atoms with Crippen LogP contribution < -0.4 is 20.2 Å². The first kappa shape index (κ1) is 25.1. The van der Waals surface area contributed by atoms with Crippen molar-refractivity contribution in [1.29, 1.82) is 0 Å². The molecule has 0 bridgehead atoms. The Morgan fingerprint density at radius 3 is 2.29 bits per heavy atom. The van der Waals surface area contributed by atoms with E-state index in [-0.39, 0.29) is 38.4 Å². The number of hydrogen-bond donors (Lipinski definition) is 0. The molecular weight excluding hydrogens is 486 g/mol. The highest BCUT2D eigenvalue weighted by Crippen LogP contribution is 2.35. The van der Waals surface area contributed by atoms with Crippen LogP contribution in [0.25, 0.3) is 22.1 Å². The maximum Gasteiger partial charge on any atom is 0.336 e. The van der Waals surface area contributed by atoms with Gasteiger partial charge in [-0.05, 0) is 53.8 Å². The number of rotatable bonds is 7. The van der Waals surface area contributed by atoms with Crippen molar-refractivity contribution in [1.82, 2.24) is 4.90 Å². The zero-order valence-corrected chi connectivity index (χ0v) is 20.8. The maximum absolute atomic E-state index is 12.9. The van der Waals surface area contributed by atoms with Gasteiger partial charge in [-0.3, -0.25) is 4.79 Å². The van der Waals surface area contributed by atoms with Crippen LogP contribution in [0, 0.1) is 0 Å². The molecule has 1 aliphatic heterocycles. The zero-order chi connectivity index (χ0) is 26.7. The number of carboxylic acid groups (broad SMARTS) is 1. The third-order valence-electron chi connectivity index (χ3n) is 7.17. The minimum absolute atomic E-state index is 0.225. The van der Waals surface area contributed by atoms with E-state index in [0.717, 1.165) is 10.9 Å². The standard InChI is InChI=1S/C30H27NO7/c1-36-22-9-7-20(8-10-22)25-18-28(33)38-26-17-23(11-12-24(25)26)37-19-27(32)31-15-13-30(14-16-31,29(34)35)21-5-3-2-4-6-21/h2-12,17-18H,13-16,19H2,1H3,(H,34,35)/p-1. The third kappa shape index (κ3) is 4.85. The number of hydrogen-bond acceptors (Lipinski definition) is 7. The number of nitrogens with zero attached hydrogens (tertiary/aromatic N) is 1. The Labute approximate surface area is 219 Å². The van der Waals surface area contributed by atoms with Crippen molar-refractivity contribution in [2.75, 3.05) is 26.8 Å². The summed E-state index contributed by atoms with van der Waals surface area (Å²) >= 11 is 0. The maximum atomic E-state index is 12.9. The van der Waals surface area contributed by atoms with Crippen LogP contribution in [-0.2, 0) is 15.0 Å². The van der Waals surface area contributed by atoms with Crippen LogP contribution >= 0.6 is 0 Å². The summed E-state index contributed by atoms with van der Waals surface area (Å²) in [5.41, 5.74) is 0.962. The van der Waals surface area contributed by atoms with Crippen LogP contribution in [0.5, 0.6) is 11.5 Å². The second kappa shape index (κ2) is 10.4. The summed E-state index contributed by atoms with van der Waals surface area (Å²) in [4.78, 5) is 38.8. The van der Waals surface area contributed by atoms with Gasteiger partial charge in [0.1, 0.15) is 17.1 Å². The van der Waals surface area contributed by atoms with Gasteiger partial charge >= 0.3 is 5.63 Å². The number of amides is 1. The molecule has 8 heteroatoms. The van der Waals surface area contributed by atoms with Crippen LogP contribution in [0.3, 0.4) is 0 Å². The first-order valence-electron chi connectivity index (χ1n) is 12.3. The van der Waals surface area contributed by atoms with Crippen molar-refractivity contribution in [3.63, 3.8) is 0 Å². The largest absolute Gasteiger partial charge is 0.549 e. The Morgan fingerprint density at radius 1 is 0.947 bits per heavy atom. The molecule has 194 valence electrons. The van der Waals surface area contributed by atoms with Gasteiger partial charge in [-0.15, -0.1) is 0 Å². The van der Waals surface area contributed by atoms with Gasteiger partial charge in [-0.1, -0.05) is 42.5 Å². The molecule has 2 heterocycles. The topological polar surface area (TPSA) is 109 Å². The minimum atomic E-state index is -1.13. The number of carbonyl (C=O) groups is 2. The molecule has 8 nitrogen and oxygen atoms in total. The molecule has 5 rings (SSSR count). The van der Waals surface area contributed by atoms with Crippen LogP contribution in [0.15, 0.2) is 88.1 Å². The number of likely N-dealkylation sites (tertiary alicyclic amines) is 1. The van der Waals surface area contributed by atoms with Crippen molar-refractivity contribution in [3.8, 4) is 22.6 Å². The van der Waals surface area contributed by atoms with Crippen LogP contribution in [0.2, 0.25) is 0 Å². The molecule has 1 aliphatic rings. The highest BCUT2D eigenvalue weighted by molar-refractivity contribution is 5.94. The van der Waals surface area contributed by atoms with E-state index in [1.54, 1.807) is 54.5 Å². The average Bonchev–Trinajstić information content (AvgIpc) is 2.95. The first-order chi connectivity index (χ1) is 18.4. The lowest BCUT2D eigenvalue weighted by Gasteiger charge is -2.42. The van der Waals surface area contributed by atoms with Crippen molar-refractivity contribution in [3.05, 3.63) is 94.8 Å². The average molecular weight is 513 g/mol. The second-order valence-corrected chi connectivity index (χ2v) is 9.27. The van der Waals surface area contributed by atoms with Crippen LogP contribution in [0.4, 0.5) is 0 Å². The predicted molar refractivity (Wildman–Crippen MR) is 139 cm³/mol. The van der Waals surface area contributed by atoms with Crippen LogP contribution in [-0.4, -0.2) is 43.6 Å². The van der Waals surface area contributed by atoms with Crippen molar-refractivity contribution >= 4 is 22.8 Å². The van der Waals surface area contributed by atoms with E-state index in [9.17, 15) is 19.5 Å². The predicted octanol–water partition coefficient (Wildman–Crippen LogP) is 3.16. The minimum Gasteiger partial charge on any atom is -0.549 e. The molecule has 0 aliphatic carbocycles. The van der Waals surface area contributed by atoms with E-state index in [2.05, 4.69) is 0 Å². The Morgan fingerprint density at radius 2 is 1.63 bits per heavy atom. The van der Waals surface area contributed by atoms with Gasteiger partial charge in [0.2, 0.25) is 0 Å². The lowest BCUT2D eigenvalue weighted by molar-refractivity contribution is -0.315. The second-order valence-electron chi connectivity index (χ2n) is 9.27. The van der Waals surface area contributed by atoms with Gasteiger partial charge < -0.3 is 28.7 Å². The summed E-state index contributed by atoms with van der Waals surface area (Å²) in [7, 11) is 1.59. The lowest BCUT2D eigenvalue weighted by Crippen LogP contribution is -2.54. The Bertz CT molecular complexity index is 1520. The molecule has 1 saturated heterocycles. The summed E-state index contributed by atoms with van der Waals surface area (Å²) in [6.07, 6.45) is 0.528. The number of carbonyl (C=O) groups excluding carboxylic acids is 2. The van der Waals surface area contributed by atoms with Gasteiger partial charge in [0.25, 0.3) is 5.91 Å². The van der Waals surface area contributed by atoms with Crippen LogP contribution in [0.1, 0.15) is 18.4 Å². The molecule has 3 aromatic carbocycles. The number of aliphatic carboxylic acids is 1. The van der Waals surface area contributed by atoms with E-state index >= 15 is 0 Å². The molecule has 38 heavy (non-hydrogen) atoms. The molecule has 0 saturated carbocycles. The fourth-order valence-electron chi connectivity index (χ4n) is 4.98. The van der Waals surface area contributed by atoms with Crippen molar-refractivity contribution in [2.45, 2.75) is 18.3 Å². The number of benzene rings is 3. The molecule has 0 spiro atoms. The van der Waals surface area contributed by atoms with E-state index in [1.165, 1.54) is 6.07 Å². The molecular formula is C30H26NO7-. The number of carboxylic acids is 1. The monoisotopic (exact) mass is 512 g/mol. The number of piperidine rings is 1. The zero-order valence-electron chi connectivity index (χ0n) is 20.8. The number of fused-ring (bicyclic) bond motifs is 1. The number of ether oxygens (including phenoxy) is 2. The smallest absolute Gasteiger partial charge is 0.336 e. The molecule has 1 fully saturated rings. The molecule has 0 N–H and O–H groups in total. The lowest BCUT2D eigenvalue weighted by atomic mass is 9.73. The van der Waals surface area contributed by atoms with Gasteiger partial charge in [0, 0.05) is 36.0 Å². The summed E-state index contributed by atoms with van der Waals surface area (Å²) in [5.74, 6) is -0.288. The number of methoxy groups -OCH3 is 1. The Hall–Kier alpha value is -4.59. The van der Waals surface area contributed by atoms with E-state index in [4.69, 9.17) is 13.9 Å². The fourth-order valence-corrected chi connectivity index (χ4v) is 4.98. The van der Waals surface area contributed by atoms with Gasteiger partial charge in [-0.25, -0.2) is 4.79 Å². The Balaban J connectivity index is 1.27.